The molecule has 4 aromatic rings. The number of carbonyl (C=O) groups excluding carboxylic acids is 5. The van der Waals surface area contributed by atoms with Gasteiger partial charge in [-0.05, 0) is 29.8 Å². The van der Waals surface area contributed by atoms with Gasteiger partial charge in [0.15, 0.2) is 0 Å². The molecule has 0 saturated carbocycles. The molecule has 0 saturated heterocycles. The van der Waals surface area contributed by atoms with Crippen LogP contribution in [0.2, 0.25) is 0 Å². The molecule has 9 heteroatoms. The van der Waals surface area contributed by atoms with Crippen molar-refractivity contribution in [3.63, 3.8) is 0 Å². The summed E-state index contributed by atoms with van der Waals surface area (Å²) in [4.78, 5) is 69.8. The Labute approximate surface area is 242 Å². The largest absolute Gasteiger partial charge is 0.345 e. The highest BCUT2D eigenvalue weighted by Gasteiger charge is 2.34. The van der Waals surface area contributed by atoms with E-state index in [4.69, 9.17) is 4.99 Å². The fourth-order valence-corrected chi connectivity index (χ4v) is 4.98. The maximum Gasteiger partial charge on any atom is 0.272 e. The van der Waals surface area contributed by atoms with E-state index in [1.54, 1.807) is 36.4 Å². The molecule has 210 valence electrons. The fraction of sp³-hybridized carbons (Fsp3) is 0.152. The highest BCUT2D eigenvalue weighted by molar-refractivity contribution is 6.21. The summed E-state index contributed by atoms with van der Waals surface area (Å²) < 4.78 is 0. The summed E-state index contributed by atoms with van der Waals surface area (Å²) in [5, 5.41) is 6.88. The predicted octanol–water partition coefficient (Wildman–Crippen LogP) is 3.44. The minimum absolute atomic E-state index is 0.162. The molecule has 0 aliphatic carbocycles. The molecule has 5 rings (SSSR count). The Morgan fingerprint density at radius 1 is 0.905 bits per heavy atom. The van der Waals surface area contributed by atoms with Crippen LogP contribution in [0.1, 0.15) is 34.8 Å². The first-order valence-electron chi connectivity index (χ1n) is 13.4. The summed E-state index contributed by atoms with van der Waals surface area (Å²) >= 11 is 0. The van der Waals surface area contributed by atoms with Crippen molar-refractivity contribution in [1.29, 1.82) is 0 Å². The van der Waals surface area contributed by atoms with Crippen LogP contribution in [-0.4, -0.2) is 54.3 Å². The molecule has 42 heavy (non-hydrogen) atoms. The molecule has 0 aromatic heterocycles. The first kappa shape index (κ1) is 28.1. The van der Waals surface area contributed by atoms with Crippen molar-refractivity contribution < 1.29 is 24.0 Å². The highest BCUT2D eigenvalue weighted by Crippen LogP contribution is 2.28. The quantitative estimate of drug-likeness (QED) is 0.304. The van der Waals surface area contributed by atoms with Crippen LogP contribution in [0.5, 0.6) is 0 Å². The lowest BCUT2D eigenvalue weighted by Crippen LogP contribution is -2.51. The molecule has 9 nitrogen and oxygen atoms in total. The molecule has 0 spiro atoms. The van der Waals surface area contributed by atoms with Gasteiger partial charge in [-0.2, -0.15) is 0 Å². The average Bonchev–Trinajstić information content (AvgIpc) is 3.11. The van der Waals surface area contributed by atoms with E-state index in [1.807, 2.05) is 60.7 Å². The van der Waals surface area contributed by atoms with E-state index in [9.17, 15) is 24.0 Å². The molecule has 0 radical (unpaired) electrons. The lowest BCUT2D eigenvalue weighted by molar-refractivity contribution is -0.126. The number of Topliss-reactive ketones (excluding diaryl/α,β-unsaturated/α-hetero) is 1. The van der Waals surface area contributed by atoms with Crippen molar-refractivity contribution in [3.05, 3.63) is 114 Å². The summed E-state index contributed by atoms with van der Waals surface area (Å²) in [6.07, 6.45) is -1.04. The van der Waals surface area contributed by atoms with E-state index in [1.165, 1.54) is 11.8 Å². The summed E-state index contributed by atoms with van der Waals surface area (Å²) in [6, 6.07) is 28.0. The highest BCUT2D eigenvalue weighted by atomic mass is 16.2. The van der Waals surface area contributed by atoms with Gasteiger partial charge in [0.05, 0.1) is 17.4 Å². The van der Waals surface area contributed by atoms with Crippen LogP contribution in [0, 0.1) is 0 Å². The van der Waals surface area contributed by atoms with E-state index < -0.39 is 36.5 Å². The van der Waals surface area contributed by atoms with Crippen LogP contribution in [0.3, 0.4) is 0 Å². The number of hydrogen-bond acceptors (Lipinski definition) is 6. The molecule has 2 N–H and O–H groups in total. The van der Waals surface area contributed by atoms with Crippen LogP contribution in [0.25, 0.3) is 10.8 Å². The maximum atomic E-state index is 14.1. The number of fused-ring (bicyclic) bond motifs is 2. The number of benzodiazepines with no additional fused rings is 1. The monoisotopic (exact) mass is 560 g/mol. The van der Waals surface area contributed by atoms with Gasteiger partial charge < -0.3 is 15.4 Å². The summed E-state index contributed by atoms with van der Waals surface area (Å²) in [5.41, 5.74) is 2.56. The Kier molecular flexibility index (Phi) is 8.29. The number of nitrogens with zero attached hydrogens (tertiary/aromatic N) is 2. The Bertz CT molecular complexity index is 1710. The van der Waals surface area contributed by atoms with Crippen LogP contribution < -0.4 is 15.5 Å². The molecule has 3 amide bonds. The standard InChI is InChI=1S/C33H28N4O5/c1-21(39)18-24(20-38)34-29(40)19-37-28-17-8-7-15-27(28)30(23-11-3-2-4-12-23)35-31(33(37)42)36-32(41)26-16-9-13-22-10-5-6-14-25(22)26/h2-17,20,24,31H,18-19H2,1H3,(H,34,40)(H,36,41)/t24-,31?/m0/s1. The van der Waals surface area contributed by atoms with Gasteiger partial charge in [-0.25, -0.2) is 4.99 Å². The minimum Gasteiger partial charge on any atom is -0.345 e. The number of hydrogen-bond donors (Lipinski definition) is 2. The van der Waals surface area contributed by atoms with E-state index in [0.717, 1.165) is 16.3 Å². The van der Waals surface area contributed by atoms with Gasteiger partial charge in [-0.3, -0.25) is 24.1 Å². The predicted molar refractivity (Wildman–Crippen MR) is 159 cm³/mol. The van der Waals surface area contributed by atoms with Crippen molar-refractivity contribution in [3.8, 4) is 0 Å². The van der Waals surface area contributed by atoms with Crippen LogP contribution in [-0.2, 0) is 19.2 Å². The second-order valence-corrected chi connectivity index (χ2v) is 9.90. The number of nitrogens with one attached hydrogen (secondary N) is 2. The first-order valence-corrected chi connectivity index (χ1v) is 13.4. The lowest BCUT2D eigenvalue weighted by Gasteiger charge is -2.25. The second-order valence-electron chi connectivity index (χ2n) is 9.90. The van der Waals surface area contributed by atoms with Crippen LogP contribution in [0.4, 0.5) is 5.69 Å². The van der Waals surface area contributed by atoms with Gasteiger partial charge in [0.1, 0.15) is 18.6 Å². The number of anilines is 1. The molecule has 1 heterocycles. The van der Waals surface area contributed by atoms with Gasteiger partial charge in [0.2, 0.25) is 12.1 Å². The third kappa shape index (κ3) is 6.00. The van der Waals surface area contributed by atoms with Crippen molar-refractivity contribution in [2.24, 2.45) is 4.99 Å². The third-order valence-corrected chi connectivity index (χ3v) is 6.88. The zero-order chi connectivity index (χ0) is 29.6. The topological polar surface area (TPSA) is 125 Å². The van der Waals surface area contributed by atoms with E-state index >= 15 is 0 Å². The molecule has 4 aromatic carbocycles. The Hall–Kier alpha value is -5.44. The van der Waals surface area contributed by atoms with Crippen LogP contribution >= 0.6 is 0 Å². The zero-order valence-electron chi connectivity index (χ0n) is 22.8. The SMILES string of the molecule is CC(=O)C[C@@H](C=O)NC(=O)CN1C(=O)C(NC(=O)c2cccc3ccccc23)N=C(c2ccccc2)c2ccccc21. The molecular weight excluding hydrogens is 532 g/mol. The Morgan fingerprint density at radius 3 is 2.36 bits per heavy atom. The van der Waals surface area contributed by atoms with Gasteiger partial charge >= 0.3 is 0 Å². The molecule has 1 aliphatic heterocycles. The Morgan fingerprint density at radius 2 is 1.60 bits per heavy atom. The number of carbonyl (C=O) groups is 5. The van der Waals surface area contributed by atoms with E-state index in [0.29, 0.717) is 28.8 Å². The summed E-state index contributed by atoms with van der Waals surface area (Å²) in [7, 11) is 0. The molecule has 0 fully saturated rings. The number of aldehydes is 1. The minimum atomic E-state index is -1.37. The van der Waals surface area contributed by atoms with Crippen molar-refractivity contribution >= 4 is 52.0 Å². The molecule has 2 atom stereocenters. The molecule has 0 bridgehead atoms. The first-order chi connectivity index (χ1) is 20.4. The maximum absolute atomic E-state index is 14.1. The normalized spacial score (nSPS) is 15.2. The van der Waals surface area contributed by atoms with Gasteiger partial charge in [0.25, 0.3) is 11.8 Å². The van der Waals surface area contributed by atoms with Crippen molar-refractivity contribution in [2.75, 3.05) is 11.4 Å². The smallest absolute Gasteiger partial charge is 0.272 e. The van der Waals surface area contributed by atoms with Gasteiger partial charge in [-0.1, -0.05) is 84.9 Å². The molecular formula is C33H28N4O5. The number of aliphatic imine (C=N–C) groups is 1. The van der Waals surface area contributed by atoms with Crippen molar-refractivity contribution in [1.82, 2.24) is 10.6 Å². The number of benzene rings is 4. The average molecular weight is 561 g/mol. The van der Waals surface area contributed by atoms with E-state index in [-0.39, 0.29) is 12.2 Å². The van der Waals surface area contributed by atoms with Gasteiger partial charge in [-0.15, -0.1) is 0 Å². The number of amides is 3. The third-order valence-electron chi connectivity index (χ3n) is 6.88. The molecule has 1 aliphatic rings. The van der Waals surface area contributed by atoms with Gasteiger partial charge in [0, 0.05) is 23.1 Å². The number of ketones is 1. The fourth-order valence-electron chi connectivity index (χ4n) is 4.98. The summed E-state index contributed by atoms with van der Waals surface area (Å²) in [6.45, 7) is 0.860. The van der Waals surface area contributed by atoms with E-state index in [2.05, 4.69) is 10.6 Å². The summed E-state index contributed by atoms with van der Waals surface area (Å²) in [5.74, 6) is -2.04. The second kappa shape index (κ2) is 12.4. The van der Waals surface area contributed by atoms with Crippen molar-refractivity contribution in [2.45, 2.75) is 25.6 Å². The lowest BCUT2D eigenvalue weighted by atomic mass is 10.0. The number of para-hydroxylation sites is 1. The zero-order valence-corrected chi connectivity index (χ0v) is 22.8. The number of rotatable bonds is 9. The Balaban J connectivity index is 1.55. The van der Waals surface area contributed by atoms with Crippen LogP contribution in [0.15, 0.2) is 102 Å². The molecule has 1 unspecified atom stereocenters.